The van der Waals surface area contributed by atoms with Gasteiger partial charge in [0.1, 0.15) is 13.1 Å². The van der Waals surface area contributed by atoms with Crippen molar-refractivity contribution in [2.24, 2.45) is 0 Å². The Morgan fingerprint density at radius 3 is 1.71 bits per heavy atom. The highest BCUT2D eigenvalue weighted by atomic mass is 16.5. The maximum absolute atomic E-state index is 11.4. The first-order valence-electron chi connectivity index (χ1n) is 5.33. The minimum absolute atomic E-state index is 0.222. The smallest absolute Gasteiger partial charge is 0.325 e. The third kappa shape index (κ3) is 6.39. The van der Waals surface area contributed by atoms with Crippen molar-refractivity contribution in [2.45, 2.75) is 13.8 Å². The van der Waals surface area contributed by atoms with Crippen molar-refractivity contribution in [3.63, 3.8) is 0 Å². The van der Waals surface area contributed by atoms with Crippen LogP contribution in [0.2, 0.25) is 0 Å². The number of hydrogen-bond donors (Lipinski definition) is 1. The molecule has 0 fully saturated rings. The fourth-order valence-electron chi connectivity index (χ4n) is 1.08. The lowest BCUT2D eigenvalue weighted by atomic mass is 10.5. The quantitative estimate of drug-likeness (QED) is 0.653. The van der Waals surface area contributed by atoms with Crippen molar-refractivity contribution >= 4 is 18.0 Å². The van der Waals surface area contributed by atoms with Gasteiger partial charge >= 0.3 is 18.0 Å². The van der Waals surface area contributed by atoms with E-state index in [4.69, 9.17) is 9.47 Å². The fraction of sp³-hybridized carbons (Fsp3) is 0.700. The molecule has 98 valence electrons. The normalized spacial score (nSPS) is 9.35. The molecular formula is C10H18N2O5. The predicted octanol–water partition coefficient (Wildman–Crippen LogP) is -0.246. The van der Waals surface area contributed by atoms with Crippen LogP contribution in [-0.4, -0.2) is 56.2 Å². The molecule has 0 aliphatic carbocycles. The molecule has 0 bridgehead atoms. The topological polar surface area (TPSA) is 84.9 Å². The Morgan fingerprint density at radius 2 is 1.41 bits per heavy atom. The van der Waals surface area contributed by atoms with Crippen LogP contribution in [0.1, 0.15) is 13.8 Å². The zero-order valence-electron chi connectivity index (χ0n) is 10.3. The number of hydrogen-bond acceptors (Lipinski definition) is 5. The third-order valence-electron chi connectivity index (χ3n) is 1.75. The van der Waals surface area contributed by atoms with Crippen LogP contribution in [0.15, 0.2) is 0 Å². The zero-order chi connectivity index (χ0) is 13.3. The Hall–Kier alpha value is -1.79. The van der Waals surface area contributed by atoms with Crippen LogP contribution in [-0.2, 0) is 19.1 Å². The summed E-state index contributed by atoms with van der Waals surface area (Å²) in [4.78, 5) is 34.8. The van der Waals surface area contributed by atoms with Gasteiger partial charge in [0.25, 0.3) is 0 Å². The molecule has 2 amide bonds. The van der Waals surface area contributed by atoms with Crippen LogP contribution in [0.4, 0.5) is 4.79 Å². The summed E-state index contributed by atoms with van der Waals surface area (Å²) in [5.74, 6) is -1.14. The maximum atomic E-state index is 11.4. The van der Waals surface area contributed by atoms with E-state index in [1.54, 1.807) is 13.8 Å². The summed E-state index contributed by atoms with van der Waals surface area (Å²) in [5, 5.41) is 2.33. The minimum atomic E-state index is -0.569. The number of carbonyl (C=O) groups is 3. The van der Waals surface area contributed by atoms with Crippen LogP contribution >= 0.6 is 0 Å². The first-order chi connectivity index (χ1) is 8.04. The Bertz CT molecular complexity index is 260. The molecule has 0 atom stereocenters. The van der Waals surface area contributed by atoms with Gasteiger partial charge in [-0.1, -0.05) is 0 Å². The van der Waals surface area contributed by atoms with Crippen LogP contribution < -0.4 is 5.32 Å². The number of nitrogens with zero attached hydrogens (tertiary/aromatic N) is 1. The lowest BCUT2D eigenvalue weighted by Crippen LogP contribution is -2.44. The summed E-state index contributed by atoms with van der Waals surface area (Å²) in [5.41, 5.74) is 0. The highest BCUT2D eigenvalue weighted by Crippen LogP contribution is 1.93. The highest BCUT2D eigenvalue weighted by molar-refractivity contribution is 5.84. The standard InChI is InChI=1S/C10H18N2O5/c1-4-16-8(13)6-12(10(15)11-3)7-9(14)17-5-2/h4-7H2,1-3H3,(H,11,15). The van der Waals surface area contributed by atoms with Gasteiger partial charge in [0.15, 0.2) is 0 Å². The van der Waals surface area contributed by atoms with E-state index in [1.165, 1.54) is 7.05 Å². The van der Waals surface area contributed by atoms with Crippen LogP contribution in [0, 0.1) is 0 Å². The van der Waals surface area contributed by atoms with Crippen LogP contribution in [0.25, 0.3) is 0 Å². The van der Waals surface area contributed by atoms with E-state index in [0.29, 0.717) is 0 Å². The minimum Gasteiger partial charge on any atom is -0.465 e. The summed E-state index contributed by atoms with van der Waals surface area (Å²) in [6.45, 7) is 3.19. The van der Waals surface area contributed by atoms with Gasteiger partial charge in [0.2, 0.25) is 0 Å². The Morgan fingerprint density at radius 1 is 1.00 bits per heavy atom. The number of ether oxygens (including phenoxy) is 2. The number of urea groups is 1. The molecule has 0 unspecified atom stereocenters. The summed E-state index contributed by atoms with van der Waals surface area (Å²) in [6.07, 6.45) is 0. The molecule has 0 aromatic rings. The molecule has 0 spiro atoms. The molecule has 7 nitrogen and oxygen atoms in total. The molecule has 0 heterocycles. The van der Waals surface area contributed by atoms with Gasteiger partial charge in [-0.25, -0.2) is 4.79 Å². The van der Waals surface area contributed by atoms with Gasteiger partial charge < -0.3 is 19.7 Å². The third-order valence-corrected chi connectivity index (χ3v) is 1.75. The van der Waals surface area contributed by atoms with E-state index >= 15 is 0 Å². The number of esters is 2. The molecule has 0 aromatic carbocycles. The molecule has 0 aliphatic heterocycles. The van der Waals surface area contributed by atoms with Crippen molar-refractivity contribution in [1.29, 1.82) is 0 Å². The van der Waals surface area contributed by atoms with Crippen LogP contribution in [0.3, 0.4) is 0 Å². The van der Waals surface area contributed by atoms with Gasteiger partial charge in [-0.3, -0.25) is 9.59 Å². The Labute approximate surface area is 100 Å². The van der Waals surface area contributed by atoms with Crippen molar-refractivity contribution in [3.05, 3.63) is 0 Å². The summed E-state index contributed by atoms with van der Waals surface area (Å²) < 4.78 is 9.39. The fourth-order valence-corrected chi connectivity index (χ4v) is 1.08. The molecule has 0 radical (unpaired) electrons. The molecule has 1 N–H and O–H groups in total. The monoisotopic (exact) mass is 246 g/mol. The SMILES string of the molecule is CCOC(=O)CN(CC(=O)OCC)C(=O)NC. The van der Waals surface area contributed by atoms with Crippen molar-refractivity contribution in [2.75, 3.05) is 33.4 Å². The molecule has 17 heavy (non-hydrogen) atoms. The largest absolute Gasteiger partial charge is 0.465 e. The van der Waals surface area contributed by atoms with Gasteiger partial charge in [-0.05, 0) is 13.8 Å². The van der Waals surface area contributed by atoms with Crippen molar-refractivity contribution < 1.29 is 23.9 Å². The molecule has 0 aliphatic rings. The lowest BCUT2D eigenvalue weighted by Gasteiger charge is -2.19. The second-order valence-corrected chi connectivity index (χ2v) is 3.02. The highest BCUT2D eigenvalue weighted by Gasteiger charge is 2.20. The Kier molecular flexibility index (Phi) is 7.49. The lowest BCUT2D eigenvalue weighted by molar-refractivity contribution is -0.146. The Balaban J connectivity index is 4.38. The van der Waals surface area contributed by atoms with E-state index in [-0.39, 0.29) is 26.3 Å². The van der Waals surface area contributed by atoms with Crippen molar-refractivity contribution in [3.8, 4) is 0 Å². The van der Waals surface area contributed by atoms with E-state index in [9.17, 15) is 14.4 Å². The van der Waals surface area contributed by atoms with E-state index in [0.717, 1.165) is 4.90 Å². The average Bonchev–Trinajstić information content (AvgIpc) is 2.27. The molecule has 0 aromatic heterocycles. The number of nitrogens with one attached hydrogen (secondary N) is 1. The van der Waals surface area contributed by atoms with Gasteiger partial charge in [0, 0.05) is 7.05 Å². The molecular weight excluding hydrogens is 228 g/mol. The zero-order valence-corrected chi connectivity index (χ0v) is 10.3. The van der Waals surface area contributed by atoms with Crippen molar-refractivity contribution in [1.82, 2.24) is 10.2 Å². The van der Waals surface area contributed by atoms with Gasteiger partial charge in [0.05, 0.1) is 13.2 Å². The predicted molar refractivity (Wildman–Crippen MR) is 59.3 cm³/mol. The molecule has 0 saturated carbocycles. The number of carbonyl (C=O) groups excluding carboxylic acids is 3. The molecule has 0 saturated heterocycles. The number of rotatable bonds is 6. The first-order valence-corrected chi connectivity index (χ1v) is 5.33. The maximum Gasteiger partial charge on any atom is 0.325 e. The summed E-state index contributed by atoms with van der Waals surface area (Å²) in [6, 6.07) is -0.536. The summed E-state index contributed by atoms with van der Waals surface area (Å²) in [7, 11) is 1.41. The molecule has 0 rings (SSSR count). The van der Waals surface area contributed by atoms with Gasteiger partial charge in [-0.15, -0.1) is 0 Å². The van der Waals surface area contributed by atoms with E-state index < -0.39 is 18.0 Å². The molecule has 7 heteroatoms. The first kappa shape index (κ1) is 15.2. The van der Waals surface area contributed by atoms with Crippen LogP contribution in [0.5, 0.6) is 0 Å². The average molecular weight is 246 g/mol. The number of amides is 2. The second kappa shape index (κ2) is 8.37. The second-order valence-electron chi connectivity index (χ2n) is 3.02. The summed E-state index contributed by atoms with van der Waals surface area (Å²) >= 11 is 0. The van der Waals surface area contributed by atoms with E-state index in [1.807, 2.05) is 0 Å². The van der Waals surface area contributed by atoms with E-state index in [2.05, 4.69) is 5.32 Å². The van der Waals surface area contributed by atoms with Gasteiger partial charge in [-0.2, -0.15) is 0 Å².